The van der Waals surface area contributed by atoms with Gasteiger partial charge in [0, 0.05) is 5.38 Å². The topological polar surface area (TPSA) is 45.9 Å². The highest BCUT2D eigenvalue weighted by atomic mass is 32.1. The van der Waals surface area contributed by atoms with Gasteiger partial charge in [0.1, 0.15) is 12.4 Å². The summed E-state index contributed by atoms with van der Waals surface area (Å²) in [4.78, 5) is 4.41. The first kappa shape index (κ1) is 11.6. The molecule has 0 unspecified atom stereocenters. The Kier molecular flexibility index (Phi) is 3.73. The Bertz CT molecular complexity index is 542. The van der Waals surface area contributed by atoms with Crippen LogP contribution in [0.25, 0.3) is 0 Å². The Morgan fingerprint density at radius 2 is 2.35 bits per heavy atom. The molecular weight excluding hydrogens is 232 g/mol. The summed E-state index contributed by atoms with van der Waals surface area (Å²) >= 11 is 1.65. The van der Waals surface area contributed by atoms with Crippen molar-refractivity contribution >= 4 is 11.3 Å². The van der Waals surface area contributed by atoms with Crippen molar-refractivity contribution in [2.24, 2.45) is 0 Å². The molecule has 17 heavy (non-hydrogen) atoms. The zero-order valence-corrected chi connectivity index (χ0v) is 10.3. The smallest absolute Gasteiger partial charge is 0.131 e. The van der Waals surface area contributed by atoms with Crippen molar-refractivity contribution in [1.29, 1.82) is 5.26 Å². The van der Waals surface area contributed by atoms with E-state index in [0.29, 0.717) is 17.9 Å². The van der Waals surface area contributed by atoms with Gasteiger partial charge in [-0.2, -0.15) is 5.26 Å². The fourth-order valence-corrected chi connectivity index (χ4v) is 2.12. The van der Waals surface area contributed by atoms with Gasteiger partial charge in [-0.1, -0.05) is 13.0 Å². The SMILES string of the molecule is CCc1nc(COc2cccc(C#N)c2)cs1. The highest BCUT2D eigenvalue weighted by Crippen LogP contribution is 2.16. The molecule has 1 aromatic carbocycles. The van der Waals surface area contributed by atoms with Crippen LogP contribution in [-0.2, 0) is 13.0 Å². The molecule has 0 saturated heterocycles. The summed E-state index contributed by atoms with van der Waals surface area (Å²) in [6, 6.07) is 9.22. The largest absolute Gasteiger partial charge is 0.487 e. The number of nitriles is 1. The van der Waals surface area contributed by atoms with Gasteiger partial charge in [-0.25, -0.2) is 4.98 Å². The predicted octanol–water partition coefficient (Wildman–Crippen LogP) is 3.16. The first-order chi connectivity index (χ1) is 8.31. The summed E-state index contributed by atoms with van der Waals surface area (Å²) in [5.74, 6) is 0.704. The number of thiazole rings is 1. The molecule has 0 aliphatic heterocycles. The van der Waals surface area contributed by atoms with E-state index in [1.165, 1.54) is 0 Å². The third kappa shape index (κ3) is 3.05. The number of aromatic nitrogens is 1. The van der Waals surface area contributed by atoms with Crippen molar-refractivity contribution in [2.75, 3.05) is 0 Å². The summed E-state index contributed by atoms with van der Waals surface area (Å²) < 4.78 is 5.59. The lowest BCUT2D eigenvalue weighted by Crippen LogP contribution is -1.96. The maximum atomic E-state index is 8.77. The molecule has 0 bridgehead atoms. The molecule has 3 nitrogen and oxygen atoms in total. The van der Waals surface area contributed by atoms with E-state index in [1.807, 2.05) is 17.5 Å². The number of hydrogen-bond donors (Lipinski definition) is 0. The molecule has 1 aromatic heterocycles. The Labute approximate surface area is 104 Å². The summed E-state index contributed by atoms with van der Waals surface area (Å²) in [5.41, 5.74) is 1.55. The van der Waals surface area contributed by atoms with Crippen LogP contribution in [0.3, 0.4) is 0 Å². The van der Waals surface area contributed by atoms with Gasteiger partial charge in [0.05, 0.1) is 22.3 Å². The summed E-state index contributed by atoms with van der Waals surface area (Å²) in [5, 5.41) is 11.9. The maximum Gasteiger partial charge on any atom is 0.131 e. The van der Waals surface area contributed by atoms with E-state index >= 15 is 0 Å². The van der Waals surface area contributed by atoms with Gasteiger partial charge in [0.15, 0.2) is 0 Å². The Morgan fingerprint density at radius 3 is 3.06 bits per heavy atom. The highest BCUT2D eigenvalue weighted by molar-refractivity contribution is 7.09. The lowest BCUT2D eigenvalue weighted by atomic mass is 10.2. The minimum absolute atomic E-state index is 0.450. The second-order valence-corrected chi connectivity index (χ2v) is 4.46. The quantitative estimate of drug-likeness (QED) is 0.830. The predicted molar refractivity (Wildman–Crippen MR) is 67.0 cm³/mol. The molecule has 0 atom stereocenters. The van der Waals surface area contributed by atoms with E-state index in [4.69, 9.17) is 10.00 Å². The van der Waals surface area contributed by atoms with Crippen LogP contribution in [0, 0.1) is 11.3 Å². The van der Waals surface area contributed by atoms with Crippen LogP contribution in [0.2, 0.25) is 0 Å². The Morgan fingerprint density at radius 1 is 1.47 bits per heavy atom. The van der Waals surface area contributed by atoms with Gasteiger partial charge < -0.3 is 4.74 Å². The molecule has 0 saturated carbocycles. The van der Waals surface area contributed by atoms with Crippen LogP contribution in [-0.4, -0.2) is 4.98 Å². The van der Waals surface area contributed by atoms with Crippen molar-refractivity contribution in [3.05, 3.63) is 45.9 Å². The van der Waals surface area contributed by atoms with Gasteiger partial charge in [0.2, 0.25) is 0 Å². The van der Waals surface area contributed by atoms with E-state index in [1.54, 1.807) is 23.5 Å². The van der Waals surface area contributed by atoms with E-state index in [0.717, 1.165) is 17.1 Å². The maximum absolute atomic E-state index is 8.77. The van der Waals surface area contributed by atoms with Gasteiger partial charge in [-0.15, -0.1) is 11.3 Å². The van der Waals surface area contributed by atoms with E-state index < -0.39 is 0 Å². The summed E-state index contributed by atoms with van der Waals surface area (Å²) in [6.07, 6.45) is 0.953. The first-order valence-electron chi connectivity index (χ1n) is 5.38. The van der Waals surface area contributed by atoms with Crippen LogP contribution >= 0.6 is 11.3 Å². The number of ether oxygens (including phenoxy) is 1. The molecule has 0 spiro atoms. The zero-order valence-electron chi connectivity index (χ0n) is 9.51. The van der Waals surface area contributed by atoms with Crippen molar-refractivity contribution in [2.45, 2.75) is 20.0 Å². The molecule has 0 fully saturated rings. The third-order valence-electron chi connectivity index (χ3n) is 2.25. The lowest BCUT2D eigenvalue weighted by molar-refractivity contribution is 0.302. The molecule has 0 N–H and O–H groups in total. The molecule has 0 aliphatic rings. The van der Waals surface area contributed by atoms with Crippen LogP contribution in [0.4, 0.5) is 0 Å². The molecule has 0 radical (unpaired) electrons. The molecular formula is C13H12N2OS. The van der Waals surface area contributed by atoms with Crippen molar-refractivity contribution in [1.82, 2.24) is 4.98 Å². The second kappa shape index (κ2) is 5.46. The standard InChI is InChI=1S/C13H12N2OS/c1-2-13-15-11(9-17-13)8-16-12-5-3-4-10(6-12)7-14/h3-6,9H,2,8H2,1H3. The fraction of sp³-hybridized carbons (Fsp3) is 0.231. The summed E-state index contributed by atoms with van der Waals surface area (Å²) in [7, 11) is 0. The lowest BCUT2D eigenvalue weighted by Gasteiger charge is -2.03. The average Bonchev–Trinajstić information content (AvgIpc) is 2.84. The van der Waals surface area contributed by atoms with Crippen LogP contribution in [0.5, 0.6) is 5.75 Å². The minimum atomic E-state index is 0.450. The van der Waals surface area contributed by atoms with Gasteiger partial charge in [-0.3, -0.25) is 0 Å². The normalized spacial score (nSPS) is 9.88. The molecule has 2 aromatic rings. The molecule has 86 valence electrons. The fourth-order valence-electron chi connectivity index (χ4n) is 1.39. The van der Waals surface area contributed by atoms with Gasteiger partial charge in [0.25, 0.3) is 0 Å². The average molecular weight is 244 g/mol. The van der Waals surface area contributed by atoms with Crippen LogP contribution < -0.4 is 4.74 Å². The van der Waals surface area contributed by atoms with E-state index in [2.05, 4.69) is 18.0 Å². The molecule has 1 heterocycles. The zero-order chi connectivity index (χ0) is 12.1. The Hall–Kier alpha value is -1.86. The minimum Gasteiger partial charge on any atom is -0.487 e. The highest BCUT2D eigenvalue weighted by Gasteiger charge is 2.02. The molecule has 0 aliphatic carbocycles. The van der Waals surface area contributed by atoms with Gasteiger partial charge in [-0.05, 0) is 24.6 Å². The van der Waals surface area contributed by atoms with Crippen LogP contribution in [0.15, 0.2) is 29.6 Å². The van der Waals surface area contributed by atoms with Crippen molar-refractivity contribution < 1.29 is 4.74 Å². The van der Waals surface area contributed by atoms with Crippen molar-refractivity contribution in [3.8, 4) is 11.8 Å². The summed E-state index contributed by atoms with van der Waals surface area (Å²) in [6.45, 7) is 2.53. The van der Waals surface area contributed by atoms with Crippen molar-refractivity contribution in [3.63, 3.8) is 0 Å². The first-order valence-corrected chi connectivity index (χ1v) is 6.26. The Balaban J connectivity index is 1.99. The number of nitrogens with zero attached hydrogens (tertiary/aromatic N) is 2. The number of hydrogen-bond acceptors (Lipinski definition) is 4. The number of rotatable bonds is 4. The molecule has 0 amide bonds. The third-order valence-corrected chi connectivity index (χ3v) is 3.29. The van der Waals surface area contributed by atoms with E-state index in [-0.39, 0.29) is 0 Å². The second-order valence-electron chi connectivity index (χ2n) is 3.51. The molecule has 4 heteroatoms. The number of benzene rings is 1. The van der Waals surface area contributed by atoms with Crippen LogP contribution in [0.1, 0.15) is 23.2 Å². The van der Waals surface area contributed by atoms with E-state index in [9.17, 15) is 0 Å². The molecule has 2 rings (SSSR count). The van der Waals surface area contributed by atoms with Gasteiger partial charge >= 0.3 is 0 Å². The number of aryl methyl sites for hydroxylation is 1. The monoisotopic (exact) mass is 244 g/mol.